The average molecular weight is 549 g/mol. The Morgan fingerprint density at radius 3 is 2.86 bits per heavy atom. The zero-order valence-corrected chi connectivity index (χ0v) is 21.3. The lowest BCUT2D eigenvalue weighted by Crippen LogP contribution is -2.53. The van der Waals surface area contributed by atoms with E-state index in [2.05, 4.69) is 38.4 Å². The number of carbonyl (C=O) groups is 1. The van der Waals surface area contributed by atoms with Gasteiger partial charge in [0, 0.05) is 61.6 Å². The van der Waals surface area contributed by atoms with Crippen LogP contribution in [0, 0.1) is 0 Å². The number of hydrogen-bond acceptors (Lipinski definition) is 4. The summed E-state index contributed by atoms with van der Waals surface area (Å²) in [5.41, 5.74) is 1.33. The van der Waals surface area contributed by atoms with Crippen molar-refractivity contribution in [2.45, 2.75) is 56.2 Å². The van der Waals surface area contributed by atoms with Crippen LogP contribution in [0.2, 0.25) is 0 Å². The number of guanidine groups is 1. The topological polar surface area (TPSA) is 47.9 Å². The molecule has 1 aromatic heterocycles. The van der Waals surface area contributed by atoms with Crippen molar-refractivity contribution in [2.24, 2.45) is 4.99 Å². The van der Waals surface area contributed by atoms with Crippen LogP contribution in [0.3, 0.4) is 0 Å². The molecule has 0 bridgehead atoms. The van der Waals surface area contributed by atoms with E-state index in [1.807, 2.05) is 23.3 Å². The first kappa shape index (κ1) is 23.2. The molecular formula is C21H33IN4OS2. The Morgan fingerprint density at radius 2 is 2.07 bits per heavy atom. The van der Waals surface area contributed by atoms with Gasteiger partial charge >= 0.3 is 0 Å². The van der Waals surface area contributed by atoms with Gasteiger partial charge in [0.2, 0.25) is 5.91 Å². The lowest BCUT2D eigenvalue weighted by molar-refractivity contribution is -0.131. The van der Waals surface area contributed by atoms with E-state index >= 15 is 0 Å². The summed E-state index contributed by atoms with van der Waals surface area (Å²) < 4.78 is 0.427. The maximum atomic E-state index is 12.7. The van der Waals surface area contributed by atoms with Crippen LogP contribution >= 0.6 is 47.1 Å². The van der Waals surface area contributed by atoms with E-state index < -0.39 is 0 Å². The molecule has 1 aromatic rings. The fourth-order valence-electron chi connectivity index (χ4n) is 4.76. The van der Waals surface area contributed by atoms with Crippen molar-refractivity contribution < 1.29 is 4.79 Å². The van der Waals surface area contributed by atoms with Gasteiger partial charge in [-0.1, -0.05) is 19.3 Å². The molecule has 0 unspecified atom stereocenters. The molecule has 3 aliphatic rings. The Balaban J connectivity index is 0.00000240. The molecule has 5 nitrogen and oxygen atoms in total. The summed E-state index contributed by atoms with van der Waals surface area (Å²) in [6, 6.07) is 2.16. The Kier molecular flexibility index (Phi) is 8.56. The zero-order chi connectivity index (χ0) is 19.4. The first-order valence-corrected chi connectivity index (χ1v) is 12.5. The predicted molar refractivity (Wildman–Crippen MR) is 135 cm³/mol. The molecule has 1 saturated carbocycles. The lowest BCUT2D eigenvalue weighted by atomic mass is 9.87. The number of amides is 1. The number of thiophene rings is 1. The van der Waals surface area contributed by atoms with Crippen molar-refractivity contribution in [1.82, 2.24) is 15.1 Å². The Hall–Kier alpha value is -0.480. The summed E-state index contributed by atoms with van der Waals surface area (Å²) in [4.78, 5) is 23.0. The molecule has 8 heteroatoms. The van der Waals surface area contributed by atoms with E-state index in [1.165, 1.54) is 48.3 Å². The lowest BCUT2D eigenvalue weighted by Gasteiger charge is -2.45. The first-order chi connectivity index (χ1) is 13.7. The molecule has 1 saturated heterocycles. The Morgan fingerprint density at radius 1 is 1.24 bits per heavy atom. The second-order valence-electron chi connectivity index (χ2n) is 8.17. The number of thioether (sulfide) groups is 1. The standard InChI is InChI=1S/C21H32N4OS2.HI/c1-22-20(25-12-14-28-21(16-25)8-3-2-4-9-21)23-10-5-19(26)24-11-6-18-17(15-24)7-13-27-18;/h7,13H,2-6,8-12,14-16H2,1H3,(H,22,23);1H. The second-order valence-corrected chi connectivity index (χ2v) is 10.7. The fourth-order valence-corrected chi connectivity index (χ4v) is 7.22. The molecule has 0 radical (unpaired) electrons. The Labute approximate surface area is 200 Å². The first-order valence-electron chi connectivity index (χ1n) is 10.6. The minimum absolute atomic E-state index is 0. The third-order valence-corrected chi connectivity index (χ3v) is 8.87. The number of carbonyl (C=O) groups excluding carboxylic acids is 1. The molecule has 3 heterocycles. The van der Waals surface area contributed by atoms with Crippen molar-refractivity contribution in [1.29, 1.82) is 0 Å². The van der Waals surface area contributed by atoms with Gasteiger partial charge in [-0.05, 0) is 36.3 Å². The van der Waals surface area contributed by atoms with Gasteiger partial charge in [0.05, 0.1) is 0 Å². The molecule has 1 N–H and O–H groups in total. The number of rotatable bonds is 3. The minimum Gasteiger partial charge on any atom is -0.356 e. The molecule has 1 aliphatic carbocycles. The SMILES string of the molecule is CN=C(NCCC(=O)N1CCc2sccc2C1)N1CCSC2(CCCCC2)C1.I. The van der Waals surface area contributed by atoms with E-state index in [4.69, 9.17) is 0 Å². The molecule has 2 aliphatic heterocycles. The number of fused-ring (bicyclic) bond motifs is 1. The summed E-state index contributed by atoms with van der Waals surface area (Å²) >= 11 is 3.99. The third kappa shape index (κ3) is 5.61. The van der Waals surface area contributed by atoms with Gasteiger partial charge in [-0.15, -0.1) is 35.3 Å². The highest BCUT2D eigenvalue weighted by Crippen LogP contribution is 2.42. The van der Waals surface area contributed by atoms with E-state index in [9.17, 15) is 4.79 Å². The largest absolute Gasteiger partial charge is 0.356 e. The monoisotopic (exact) mass is 548 g/mol. The van der Waals surface area contributed by atoms with Crippen molar-refractivity contribution in [3.05, 3.63) is 21.9 Å². The van der Waals surface area contributed by atoms with Crippen molar-refractivity contribution in [3.63, 3.8) is 0 Å². The highest BCUT2D eigenvalue weighted by molar-refractivity contribution is 14.0. The third-order valence-electron chi connectivity index (χ3n) is 6.31. The van der Waals surface area contributed by atoms with Crippen LogP contribution in [0.15, 0.2) is 16.4 Å². The van der Waals surface area contributed by atoms with Gasteiger partial charge < -0.3 is 15.1 Å². The minimum atomic E-state index is 0. The van der Waals surface area contributed by atoms with Gasteiger partial charge in [-0.3, -0.25) is 9.79 Å². The molecule has 1 amide bonds. The van der Waals surface area contributed by atoms with Crippen LogP contribution in [0.25, 0.3) is 0 Å². The summed E-state index contributed by atoms with van der Waals surface area (Å²) in [7, 11) is 1.86. The highest BCUT2D eigenvalue weighted by atomic mass is 127. The van der Waals surface area contributed by atoms with Crippen LogP contribution in [0.1, 0.15) is 49.0 Å². The molecule has 162 valence electrons. The summed E-state index contributed by atoms with van der Waals surface area (Å²) in [6.45, 7) is 4.44. The maximum absolute atomic E-state index is 12.7. The number of aliphatic imine (C=N–C) groups is 1. The smallest absolute Gasteiger partial charge is 0.224 e. The van der Waals surface area contributed by atoms with Gasteiger partial charge in [0.25, 0.3) is 0 Å². The van der Waals surface area contributed by atoms with Gasteiger partial charge in [0.1, 0.15) is 0 Å². The normalized spacial score (nSPS) is 21.5. The second kappa shape index (κ2) is 10.7. The number of halogens is 1. The predicted octanol–water partition coefficient (Wildman–Crippen LogP) is 3.97. The summed E-state index contributed by atoms with van der Waals surface area (Å²) in [5.74, 6) is 2.39. The maximum Gasteiger partial charge on any atom is 0.224 e. The van der Waals surface area contributed by atoms with Crippen LogP contribution < -0.4 is 5.32 Å². The molecule has 0 aromatic carbocycles. The number of hydrogen-bond donors (Lipinski definition) is 1. The quantitative estimate of drug-likeness (QED) is 0.353. The summed E-state index contributed by atoms with van der Waals surface area (Å²) in [6.07, 6.45) is 8.33. The van der Waals surface area contributed by atoms with Crippen molar-refractivity contribution in [2.75, 3.05) is 39.0 Å². The van der Waals surface area contributed by atoms with E-state index in [1.54, 1.807) is 0 Å². The van der Waals surface area contributed by atoms with E-state index in [0.717, 1.165) is 38.6 Å². The molecule has 1 spiro atoms. The van der Waals surface area contributed by atoms with Crippen molar-refractivity contribution >= 4 is 58.9 Å². The van der Waals surface area contributed by atoms with Crippen molar-refractivity contribution in [3.8, 4) is 0 Å². The van der Waals surface area contributed by atoms with Crippen LogP contribution in [0.5, 0.6) is 0 Å². The molecule has 2 fully saturated rings. The Bertz CT molecular complexity index is 712. The van der Waals surface area contributed by atoms with Crippen LogP contribution in [0.4, 0.5) is 0 Å². The number of nitrogens with one attached hydrogen (secondary N) is 1. The van der Waals surface area contributed by atoms with Crippen LogP contribution in [-0.2, 0) is 17.8 Å². The van der Waals surface area contributed by atoms with Gasteiger partial charge in [-0.2, -0.15) is 11.8 Å². The molecule has 29 heavy (non-hydrogen) atoms. The van der Waals surface area contributed by atoms with Crippen LogP contribution in [-0.4, -0.2) is 65.4 Å². The average Bonchev–Trinajstić information content (AvgIpc) is 3.19. The molecule has 4 rings (SSSR count). The molecule has 0 atom stereocenters. The molecular weight excluding hydrogens is 515 g/mol. The number of nitrogens with zero attached hydrogens (tertiary/aromatic N) is 3. The van der Waals surface area contributed by atoms with E-state index in [0.29, 0.717) is 17.7 Å². The zero-order valence-electron chi connectivity index (χ0n) is 17.3. The van der Waals surface area contributed by atoms with Gasteiger partial charge in [0.15, 0.2) is 5.96 Å². The fraction of sp³-hybridized carbons (Fsp3) is 0.714. The highest BCUT2D eigenvalue weighted by Gasteiger charge is 2.38. The van der Waals surface area contributed by atoms with Gasteiger partial charge in [-0.25, -0.2) is 0 Å². The van der Waals surface area contributed by atoms with E-state index in [-0.39, 0.29) is 29.9 Å². The summed E-state index contributed by atoms with van der Waals surface area (Å²) in [5, 5.41) is 5.61.